The maximum absolute atomic E-state index is 11.4. The van der Waals surface area contributed by atoms with E-state index in [0.717, 1.165) is 18.7 Å². The third kappa shape index (κ3) is 4.96. The molecule has 5 nitrogen and oxygen atoms in total. The summed E-state index contributed by atoms with van der Waals surface area (Å²) in [5, 5.41) is 6.56. The van der Waals surface area contributed by atoms with Gasteiger partial charge in [-0.25, -0.2) is 0 Å². The molecule has 1 aromatic heterocycles. The highest BCUT2D eigenvalue weighted by Crippen LogP contribution is 2.12. The summed E-state index contributed by atoms with van der Waals surface area (Å²) in [5.74, 6) is -0.183. The van der Waals surface area contributed by atoms with E-state index in [1.54, 1.807) is 6.20 Å². The van der Waals surface area contributed by atoms with E-state index in [0.29, 0.717) is 12.8 Å². The molecule has 0 bridgehead atoms. The normalized spacial score (nSPS) is 10.5. The van der Waals surface area contributed by atoms with Crippen molar-refractivity contribution >= 4 is 5.97 Å². The van der Waals surface area contributed by atoms with E-state index in [4.69, 9.17) is 4.74 Å². The molecule has 134 valence electrons. The number of aromatic nitrogens is 2. The van der Waals surface area contributed by atoms with E-state index in [9.17, 15) is 4.79 Å². The summed E-state index contributed by atoms with van der Waals surface area (Å²) in [6.07, 6.45) is 4.81. The fourth-order valence-corrected chi connectivity index (χ4v) is 2.87. The number of benzene rings is 2. The summed E-state index contributed by atoms with van der Waals surface area (Å²) in [6, 6.07) is 20.6. The van der Waals surface area contributed by atoms with Gasteiger partial charge in [0.1, 0.15) is 0 Å². The molecule has 0 amide bonds. The molecule has 5 heteroatoms. The van der Waals surface area contributed by atoms with Gasteiger partial charge in [0.2, 0.25) is 0 Å². The van der Waals surface area contributed by atoms with Crippen LogP contribution in [0.1, 0.15) is 23.1 Å². The molecule has 0 atom stereocenters. The van der Waals surface area contributed by atoms with Crippen molar-refractivity contribution in [3.05, 3.63) is 89.7 Å². The summed E-state index contributed by atoms with van der Waals surface area (Å²) in [5.41, 5.74) is 3.54. The average Bonchev–Trinajstić information content (AvgIpc) is 3.21. The molecule has 0 unspecified atom stereocenters. The van der Waals surface area contributed by atoms with Gasteiger partial charge in [0.25, 0.3) is 0 Å². The van der Waals surface area contributed by atoms with Crippen LogP contribution < -0.4 is 5.01 Å². The first-order valence-corrected chi connectivity index (χ1v) is 8.68. The largest absolute Gasteiger partial charge is 0.469 e. The van der Waals surface area contributed by atoms with Crippen LogP contribution in [0.3, 0.4) is 0 Å². The van der Waals surface area contributed by atoms with Crippen LogP contribution in [0.25, 0.3) is 0 Å². The van der Waals surface area contributed by atoms with Crippen molar-refractivity contribution in [3.8, 4) is 0 Å². The Kier molecular flexibility index (Phi) is 6.04. The molecule has 0 aliphatic heterocycles. The van der Waals surface area contributed by atoms with Crippen molar-refractivity contribution in [3.63, 3.8) is 0 Å². The highest BCUT2D eigenvalue weighted by atomic mass is 16.5. The number of nitrogens with zero attached hydrogens (tertiary/aromatic N) is 3. The summed E-state index contributed by atoms with van der Waals surface area (Å²) in [7, 11) is 1.42. The number of rotatable bonds is 8. The van der Waals surface area contributed by atoms with Gasteiger partial charge in [0, 0.05) is 12.6 Å². The lowest BCUT2D eigenvalue weighted by Crippen LogP contribution is -2.33. The van der Waals surface area contributed by atoms with Crippen LogP contribution >= 0.6 is 0 Å². The van der Waals surface area contributed by atoms with Gasteiger partial charge < -0.3 is 4.74 Å². The lowest BCUT2D eigenvalue weighted by molar-refractivity contribution is -0.140. The maximum atomic E-state index is 11.4. The van der Waals surface area contributed by atoms with E-state index in [-0.39, 0.29) is 5.97 Å². The van der Waals surface area contributed by atoms with E-state index in [2.05, 4.69) is 34.4 Å². The van der Waals surface area contributed by atoms with Gasteiger partial charge in [0.05, 0.1) is 26.4 Å². The molecule has 0 saturated carbocycles. The van der Waals surface area contributed by atoms with Crippen molar-refractivity contribution in [1.29, 1.82) is 0 Å². The number of methoxy groups -OCH3 is 1. The summed E-state index contributed by atoms with van der Waals surface area (Å²) in [4.78, 5) is 13.2. The van der Waals surface area contributed by atoms with Crippen molar-refractivity contribution in [1.82, 2.24) is 9.89 Å². The van der Waals surface area contributed by atoms with Crippen LogP contribution in [0.5, 0.6) is 0 Å². The lowest BCUT2D eigenvalue weighted by Gasteiger charge is -2.25. The Balaban J connectivity index is 1.73. The molecule has 0 aliphatic rings. The zero-order chi connectivity index (χ0) is 18.2. The van der Waals surface area contributed by atoms with Crippen molar-refractivity contribution in [2.24, 2.45) is 0 Å². The predicted octanol–water partition coefficient (Wildman–Crippen LogP) is 3.33. The first kappa shape index (κ1) is 17.7. The average molecular weight is 349 g/mol. The van der Waals surface area contributed by atoms with Crippen LogP contribution in [-0.4, -0.2) is 23.0 Å². The first-order chi connectivity index (χ1) is 12.7. The Morgan fingerprint density at radius 2 is 1.73 bits per heavy atom. The second kappa shape index (κ2) is 8.85. The topological polar surface area (TPSA) is 47.4 Å². The SMILES string of the molecule is COC(=O)CCc1cccc(CN(Cc2ccccc2)n2cccn2)c1. The number of aryl methyl sites for hydroxylation is 1. The van der Waals surface area contributed by atoms with Crippen molar-refractivity contribution in [2.75, 3.05) is 12.1 Å². The lowest BCUT2D eigenvalue weighted by atomic mass is 10.1. The molecule has 3 aromatic rings. The van der Waals surface area contributed by atoms with E-state index in [1.165, 1.54) is 18.2 Å². The second-order valence-corrected chi connectivity index (χ2v) is 6.13. The smallest absolute Gasteiger partial charge is 0.305 e. The Hall–Kier alpha value is -3.08. The third-order valence-electron chi connectivity index (χ3n) is 4.19. The minimum absolute atomic E-state index is 0.183. The van der Waals surface area contributed by atoms with Crippen LogP contribution in [0, 0.1) is 0 Å². The van der Waals surface area contributed by atoms with Gasteiger partial charge >= 0.3 is 5.97 Å². The quantitative estimate of drug-likeness (QED) is 0.585. The van der Waals surface area contributed by atoms with Gasteiger partial charge in [-0.1, -0.05) is 54.6 Å². The highest BCUT2D eigenvalue weighted by Gasteiger charge is 2.09. The standard InChI is InChI=1S/C21H23N3O2/c1-26-21(25)12-11-18-9-5-10-20(15-18)17-23(24-14-6-13-22-24)16-19-7-3-2-4-8-19/h2-10,13-15H,11-12,16-17H2,1H3. The number of carbonyl (C=O) groups excluding carboxylic acids is 1. The van der Waals surface area contributed by atoms with Gasteiger partial charge in [-0.15, -0.1) is 0 Å². The molecule has 26 heavy (non-hydrogen) atoms. The monoisotopic (exact) mass is 349 g/mol. The van der Waals surface area contributed by atoms with E-state index in [1.807, 2.05) is 47.4 Å². The summed E-state index contributed by atoms with van der Waals surface area (Å²) < 4.78 is 4.72. The molecule has 1 heterocycles. The Labute approximate surface area is 153 Å². The number of carbonyl (C=O) groups is 1. The number of hydrogen-bond donors (Lipinski definition) is 0. The highest BCUT2D eigenvalue weighted by molar-refractivity contribution is 5.69. The van der Waals surface area contributed by atoms with E-state index < -0.39 is 0 Å². The van der Waals surface area contributed by atoms with Crippen LogP contribution in [0.2, 0.25) is 0 Å². The van der Waals surface area contributed by atoms with Crippen LogP contribution in [0.4, 0.5) is 0 Å². The zero-order valence-corrected chi connectivity index (χ0v) is 14.9. The van der Waals surface area contributed by atoms with Gasteiger partial charge in [0.15, 0.2) is 0 Å². The predicted molar refractivity (Wildman–Crippen MR) is 101 cm³/mol. The molecule has 0 saturated heterocycles. The molecule has 0 N–H and O–H groups in total. The Morgan fingerprint density at radius 3 is 2.46 bits per heavy atom. The Morgan fingerprint density at radius 1 is 1.00 bits per heavy atom. The van der Waals surface area contributed by atoms with Gasteiger partial charge in [-0.2, -0.15) is 9.89 Å². The molecule has 3 rings (SSSR count). The zero-order valence-electron chi connectivity index (χ0n) is 14.9. The minimum atomic E-state index is -0.183. The Bertz CT molecular complexity index is 816. The summed E-state index contributed by atoms with van der Waals surface area (Å²) in [6.45, 7) is 1.48. The number of esters is 1. The van der Waals surface area contributed by atoms with Gasteiger partial charge in [-0.05, 0) is 29.2 Å². The van der Waals surface area contributed by atoms with Crippen LogP contribution in [-0.2, 0) is 29.0 Å². The van der Waals surface area contributed by atoms with Gasteiger partial charge in [-0.3, -0.25) is 9.80 Å². The molecule has 0 spiro atoms. The molecule has 0 aliphatic carbocycles. The number of ether oxygens (including phenoxy) is 1. The molecular weight excluding hydrogens is 326 g/mol. The minimum Gasteiger partial charge on any atom is -0.469 e. The van der Waals surface area contributed by atoms with Crippen molar-refractivity contribution in [2.45, 2.75) is 25.9 Å². The third-order valence-corrected chi connectivity index (χ3v) is 4.19. The fourth-order valence-electron chi connectivity index (χ4n) is 2.87. The first-order valence-electron chi connectivity index (χ1n) is 8.68. The molecule has 2 aromatic carbocycles. The maximum Gasteiger partial charge on any atom is 0.305 e. The number of hydrogen-bond acceptors (Lipinski definition) is 4. The molecule has 0 fully saturated rings. The molecular formula is C21H23N3O2. The van der Waals surface area contributed by atoms with Crippen molar-refractivity contribution < 1.29 is 9.53 Å². The fraction of sp³-hybridized carbons (Fsp3) is 0.238. The second-order valence-electron chi connectivity index (χ2n) is 6.13. The van der Waals surface area contributed by atoms with Crippen LogP contribution in [0.15, 0.2) is 73.1 Å². The molecule has 0 radical (unpaired) electrons. The van der Waals surface area contributed by atoms with E-state index >= 15 is 0 Å². The summed E-state index contributed by atoms with van der Waals surface area (Å²) >= 11 is 0.